The number of hydrogen-bond donors (Lipinski definition) is 2. The fourth-order valence-electron chi connectivity index (χ4n) is 6.42. The summed E-state index contributed by atoms with van der Waals surface area (Å²) in [5.41, 5.74) is 4.76. The molecule has 4 aliphatic rings. The number of H-pyrrole nitrogens is 1. The van der Waals surface area contributed by atoms with Crippen LogP contribution in [0.15, 0.2) is 60.0 Å². The van der Waals surface area contributed by atoms with E-state index in [1.807, 2.05) is 24.3 Å². The standard InChI is InChI=1S/C25H29N5O/c1-29-13-15(12-26-25(31)24-27-19-7-3-4-8-20(19)28-24)10-18-17-6-5-9-21-23(17)16(11-22(18)29)14-30(21)2/h3-9,14-15,17-18,22-23H,10-13H2,1-2H3,(H,26,31)(H,27,28)/t15-,17?,18+,22+,23?/m0/s1. The minimum absolute atomic E-state index is 0.116. The van der Waals surface area contributed by atoms with E-state index in [1.54, 1.807) is 5.57 Å². The van der Waals surface area contributed by atoms with E-state index in [0.29, 0.717) is 42.1 Å². The maximum Gasteiger partial charge on any atom is 0.287 e. The first kappa shape index (κ1) is 18.9. The Hall–Kier alpha value is -2.86. The first-order valence-electron chi connectivity index (χ1n) is 11.3. The van der Waals surface area contributed by atoms with Crippen molar-refractivity contribution in [3.05, 3.63) is 65.8 Å². The van der Waals surface area contributed by atoms with Gasteiger partial charge in [-0.05, 0) is 61.4 Å². The molecule has 0 bridgehead atoms. The van der Waals surface area contributed by atoms with Crippen LogP contribution in [-0.2, 0) is 0 Å². The average molecular weight is 416 g/mol. The molecule has 1 saturated carbocycles. The van der Waals surface area contributed by atoms with E-state index in [2.05, 4.69) is 63.6 Å². The molecule has 2 aliphatic heterocycles. The third kappa shape index (κ3) is 3.04. The molecule has 2 unspecified atom stereocenters. The molecule has 1 amide bonds. The highest BCUT2D eigenvalue weighted by atomic mass is 16.2. The monoisotopic (exact) mass is 415 g/mol. The van der Waals surface area contributed by atoms with Gasteiger partial charge in [-0.2, -0.15) is 0 Å². The Labute approximate surface area is 182 Å². The number of likely N-dealkylation sites (tertiary alicyclic amines) is 1. The molecule has 6 heteroatoms. The van der Waals surface area contributed by atoms with E-state index >= 15 is 0 Å². The van der Waals surface area contributed by atoms with Gasteiger partial charge in [0.2, 0.25) is 0 Å². The summed E-state index contributed by atoms with van der Waals surface area (Å²) in [6.45, 7) is 1.71. The molecule has 1 saturated heterocycles. The van der Waals surface area contributed by atoms with Crippen molar-refractivity contribution >= 4 is 16.9 Å². The summed E-state index contributed by atoms with van der Waals surface area (Å²) in [4.78, 5) is 25.2. The number of imidazole rings is 1. The molecule has 2 aromatic rings. The molecule has 6 nitrogen and oxygen atoms in total. The molecule has 2 fully saturated rings. The normalized spacial score (nSPS) is 31.8. The Kier molecular flexibility index (Phi) is 4.32. The summed E-state index contributed by atoms with van der Waals surface area (Å²) in [6.07, 6.45) is 11.6. The number of aromatic amines is 1. The third-order valence-corrected chi connectivity index (χ3v) is 7.78. The number of aromatic nitrogens is 2. The van der Waals surface area contributed by atoms with Crippen LogP contribution in [0.4, 0.5) is 0 Å². The zero-order valence-electron chi connectivity index (χ0n) is 18.1. The van der Waals surface area contributed by atoms with Gasteiger partial charge in [-0.1, -0.05) is 24.3 Å². The number of carbonyl (C=O) groups excluding carboxylic acids is 1. The van der Waals surface area contributed by atoms with Crippen LogP contribution >= 0.6 is 0 Å². The molecule has 0 radical (unpaired) electrons. The zero-order chi connectivity index (χ0) is 21.1. The number of carbonyl (C=O) groups is 1. The molecule has 160 valence electrons. The number of amides is 1. The Morgan fingerprint density at radius 3 is 3.03 bits per heavy atom. The highest BCUT2D eigenvalue weighted by Crippen LogP contribution is 2.52. The molecule has 1 aromatic carbocycles. The van der Waals surface area contributed by atoms with Crippen molar-refractivity contribution in [1.29, 1.82) is 0 Å². The molecule has 31 heavy (non-hydrogen) atoms. The van der Waals surface area contributed by atoms with Crippen molar-refractivity contribution in [3.63, 3.8) is 0 Å². The number of allylic oxidation sites excluding steroid dienone is 4. The summed E-state index contributed by atoms with van der Waals surface area (Å²) in [5, 5.41) is 3.15. The van der Waals surface area contributed by atoms with E-state index in [0.717, 1.165) is 30.4 Å². The summed E-state index contributed by atoms with van der Waals surface area (Å²) < 4.78 is 0. The van der Waals surface area contributed by atoms with Crippen molar-refractivity contribution in [2.24, 2.45) is 23.7 Å². The Morgan fingerprint density at radius 1 is 1.29 bits per heavy atom. The van der Waals surface area contributed by atoms with Crippen LogP contribution in [0, 0.1) is 23.7 Å². The predicted octanol–water partition coefficient (Wildman–Crippen LogP) is 3.15. The predicted molar refractivity (Wildman–Crippen MR) is 121 cm³/mol. The van der Waals surface area contributed by atoms with Crippen LogP contribution in [0.2, 0.25) is 0 Å². The van der Waals surface area contributed by atoms with Gasteiger partial charge in [-0.3, -0.25) is 4.79 Å². The van der Waals surface area contributed by atoms with Crippen molar-refractivity contribution in [3.8, 4) is 0 Å². The quantitative estimate of drug-likeness (QED) is 0.808. The van der Waals surface area contributed by atoms with E-state index in [9.17, 15) is 4.79 Å². The summed E-state index contributed by atoms with van der Waals surface area (Å²) >= 11 is 0. The third-order valence-electron chi connectivity index (χ3n) is 7.78. The van der Waals surface area contributed by atoms with Crippen molar-refractivity contribution in [1.82, 2.24) is 25.1 Å². The Balaban J connectivity index is 1.16. The van der Waals surface area contributed by atoms with Gasteiger partial charge in [0.15, 0.2) is 5.82 Å². The molecule has 3 heterocycles. The van der Waals surface area contributed by atoms with Gasteiger partial charge in [0, 0.05) is 44.0 Å². The molecule has 2 N–H and O–H groups in total. The van der Waals surface area contributed by atoms with E-state index in [-0.39, 0.29) is 5.91 Å². The maximum absolute atomic E-state index is 12.7. The highest BCUT2D eigenvalue weighted by molar-refractivity contribution is 5.94. The Bertz CT molecular complexity index is 1090. The van der Waals surface area contributed by atoms with E-state index < -0.39 is 0 Å². The number of benzene rings is 1. The number of para-hydroxylation sites is 2. The van der Waals surface area contributed by atoms with Gasteiger partial charge in [0.05, 0.1) is 11.0 Å². The highest BCUT2D eigenvalue weighted by Gasteiger charge is 2.49. The molecule has 0 spiro atoms. The zero-order valence-corrected chi connectivity index (χ0v) is 18.1. The van der Waals surface area contributed by atoms with Gasteiger partial charge in [0.1, 0.15) is 0 Å². The molecule has 6 rings (SSSR count). The second kappa shape index (κ2) is 7.09. The molecular formula is C25H29N5O. The van der Waals surface area contributed by atoms with Crippen LogP contribution in [0.1, 0.15) is 23.5 Å². The summed E-state index contributed by atoms with van der Waals surface area (Å²) in [5.74, 6) is 2.47. The first-order valence-corrected chi connectivity index (χ1v) is 11.3. The molecule has 2 aliphatic carbocycles. The number of rotatable bonds is 3. The van der Waals surface area contributed by atoms with Crippen molar-refractivity contribution in [2.75, 3.05) is 27.2 Å². The number of piperidine rings is 1. The first-order chi connectivity index (χ1) is 15.1. The molecular weight excluding hydrogens is 386 g/mol. The SMILES string of the molecule is CN1C=C2C[C@@H]3[C@H](C[C@@H](CNC(=O)c4nc5ccccc5[nH]4)CN3C)C3C=CC=C1C23. The van der Waals surface area contributed by atoms with Crippen molar-refractivity contribution in [2.45, 2.75) is 18.9 Å². The van der Waals surface area contributed by atoms with Gasteiger partial charge in [0.25, 0.3) is 5.91 Å². The fraction of sp³-hybridized carbons (Fsp3) is 0.440. The van der Waals surface area contributed by atoms with E-state index in [1.165, 1.54) is 5.70 Å². The van der Waals surface area contributed by atoms with Crippen LogP contribution in [0.25, 0.3) is 11.0 Å². The molecule has 1 aromatic heterocycles. The number of nitrogens with zero attached hydrogens (tertiary/aromatic N) is 3. The second-order valence-electron chi connectivity index (χ2n) is 9.64. The lowest BCUT2D eigenvalue weighted by Gasteiger charge is -2.51. The van der Waals surface area contributed by atoms with Crippen LogP contribution < -0.4 is 5.32 Å². The smallest absolute Gasteiger partial charge is 0.287 e. The fourth-order valence-corrected chi connectivity index (χ4v) is 6.42. The largest absolute Gasteiger partial charge is 0.354 e. The summed E-state index contributed by atoms with van der Waals surface area (Å²) in [6, 6.07) is 8.34. The maximum atomic E-state index is 12.7. The van der Waals surface area contributed by atoms with Gasteiger partial charge in [-0.25, -0.2) is 4.98 Å². The van der Waals surface area contributed by atoms with Gasteiger partial charge >= 0.3 is 0 Å². The molecule has 5 atom stereocenters. The van der Waals surface area contributed by atoms with Gasteiger partial charge in [-0.15, -0.1) is 0 Å². The summed E-state index contributed by atoms with van der Waals surface area (Å²) in [7, 11) is 4.44. The number of hydrogen-bond acceptors (Lipinski definition) is 4. The topological polar surface area (TPSA) is 64.3 Å². The van der Waals surface area contributed by atoms with E-state index in [4.69, 9.17) is 0 Å². The van der Waals surface area contributed by atoms with Crippen LogP contribution in [-0.4, -0.2) is 58.9 Å². The van der Waals surface area contributed by atoms with Crippen LogP contribution in [0.5, 0.6) is 0 Å². The lowest BCUT2D eigenvalue weighted by Crippen LogP contribution is -2.54. The van der Waals surface area contributed by atoms with Gasteiger partial charge < -0.3 is 20.1 Å². The lowest BCUT2D eigenvalue weighted by molar-refractivity contribution is 0.0298. The van der Waals surface area contributed by atoms with Crippen LogP contribution in [0.3, 0.4) is 0 Å². The minimum atomic E-state index is -0.116. The second-order valence-corrected chi connectivity index (χ2v) is 9.64. The number of fused-ring (bicyclic) bond motifs is 3. The lowest BCUT2D eigenvalue weighted by atomic mass is 9.61. The van der Waals surface area contributed by atoms with Crippen molar-refractivity contribution < 1.29 is 4.79 Å². The average Bonchev–Trinajstić information content (AvgIpc) is 3.35. The number of nitrogens with one attached hydrogen (secondary N) is 2. The Morgan fingerprint density at radius 2 is 2.16 bits per heavy atom. The minimum Gasteiger partial charge on any atom is -0.354 e.